The van der Waals surface area contributed by atoms with Crippen LogP contribution in [0.25, 0.3) is 22.2 Å². The molecule has 1 amide bonds. The van der Waals surface area contributed by atoms with Gasteiger partial charge in [-0.2, -0.15) is 0 Å². The molecule has 1 N–H and O–H groups in total. The third-order valence-corrected chi connectivity index (χ3v) is 5.62. The summed E-state index contributed by atoms with van der Waals surface area (Å²) in [4.78, 5) is 29.4. The number of carbonyl (C=O) groups excluding carboxylic acids is 2. The second-order valence-corrected chi connectivity index (χ2v) is 7.74. The van der Waals surface area contributed by atoms with Gasteiger partial charge in [-0.25, -0.2) is 4.98 Å². The zero-order chi connectivity index (χ0) is 22.7. The van der Waals surface area contributed by atoms with Crippen LogP contribution < -0.4 is 14.8 Å². The zero-order valence-electron chi connectivity index (χ0n) is 17.7. The number of aromatic nitrogens is 2. The molecule has 32 heavy (non-hydrogen) atoms. The molecule has 8 nitrogen and oxygen atoms in total. The molecule has 9 heteroatoms. The molecule has 0 aliphatic carbocycles. The van der Waals surface area contributed by atoms with E-state index in [1.807, 2.05) is 29.6 Å². The average Bonchev–Trinajstić information content (AvgIpc) is 3.45. The minimum Gasteiger partial charge on any atom is -0.497 e. The molecule has 0 unspecified atom stereocenters. The molecule has 0 saturated carbocycles. The summed E-state index contributed by atoms with van der Waals surface area (Å²) < 4.78 is 16.9. The predicted molar refractivity (Wildman–Crippen MR) is 123 cm³/mol. The van der Waals surface area contributed by atoms with Crippen LogP contribution in [0.1, 0.15) is 15.2 Å². The quantitative estimate of drug-likeness (QED) is 0.450. The Bertz CT molecular complexity index is 1270. The van der Waals surface area contributed by atoms with E-state index in [4.69, 9.17) is 14.2 Å². The second-order valence-electron chi connectivity index (χ2n) is 6.88. The van der Waals surface area contributed by atoms with Gasteiger partial charge in [0.05, 0.1) is 25.4 Å². The number of hydrogen-bond donors (Lipinski definition) is 1. The number of hydrogen-bond acceptors (Lipinski definition) is 7. The zero-order valence-corrected chi connectivity index (χ0v) is 18.6. The normalized spacial score (nSPS) is 10.8. The third kappa shape index (κ3) is 4.34. The largest absolute Gasteiger partial charge is 0.497 e. The Morgan fingerprint density at radius 1 is 1.03 bits per heavy atom. The molecule has 2 aromatic heterocycles. The van der Waals surface area contributed by atoms with Gasteiger partial charge >= 0.3 is 0 Å². The molecule has 0 saturated heterocycles. The van der Waals surface area contributed by atoms with Crippen LogP contribution in [0.15, 0.2) is 54.0 Å². The number of benzene rings is 2. The summed E-state index contributed by atoms with van der Waals surface area (Å²) in [6, 6.07) is 12.6. The lowest BCUT2D eigenvalue weighted by Gasteiger charge is -2.08. The van der Waals surface area contributed by atoms with Crippen molar-refractivity contribution >= 4 is 39.2 Å². The van der Waals surface area contributed by atoms with Crippen LogP contribution in [0.5, 0.6) is 11.5 Å². The minimum atomic E-state index is -0.313. The Morgan fingerprint density at radius 2 is 1.78 bits per heavy atom. The summed E-state index contributed by atoms with van der Waals surface area (Å²) in [6.45, 7) is 0.0137. The smallest absolute Gasteiger partial charge is 0.257 e. The lowest BCUT2D eigenvalue weighted by atomic mass is 10.1. The number of methoxy groups -OCH3 is 3. The average molecular weight is 452 g/mol. The molecule has 0 bridgehead atoms. The summed E-state index contributed by atoms with van der Waals surface area (Å²) in [5.41, 5.74) is 2.81. The number of nitrogens with zero attached hydrogens (tertiary/aromatic N) is 2. The van der Waals surface area contributed by atoms with E-state index in [1.165, 1.54) is 32.7 Å². The fraction of sp³-hybridized carbons (Fsp3) is 0.174. The molecule has 2 heterocycles. The SMILES string of the molecule is COCC(=O)n1ccc2cc(-c3csc(NC(=O)c4cc(OC)cc(OC)c4)n3)ccc21. The number of carbonyl (C=O) groups is 2. The van der Waals surface area contributed by atoms with Crippen LogP contribution in [0.2, 0.25) is 0 Å². The van der Waals surface area contributed by atoms with Crippen molar-refractivity contribution in [1.29, 1.82) is 0 Å². The van der Waals surface area contributed by atoms with E-state index < -0.39 is 0 Å². The minimum absolute atomic E-state index is 0.0137. The molecule has 0 spiro atoms. The summed E-state index contributed by atoms with van der Waals surface area (Å²) in [6.07, 6.45) is 1.73. The van der Waals surface area contributed by atoms with Gasteiger partial charge in [0, 0.05) is 41.3 Å². The lowest BCUT2D eigenvalue weighted by molar-refractivity contribution is 0.0767. The second kappa shape index (κ2) is 9.21. The molecule has 0 fully saturated rings. The molecule has 4 rings (SSSR count). The van der Waals surface area contributed by atoms with E-state index in [0.717, 1.165) is 22.2 Å². The van der Waals surface area contributed by atoms with Gasteiger partial charge in [0.1, 0.15) is 18.1 Å². The first kappa shape index (κ1) is 21.5. The van der Waals surface area contributed by atoms with E-state index in [2.05, 4.69) is 10.3 Å². The maximum absolute atomic E-state index is 12.7. The fourth-order valence-corrected chi connectivity index (χ4v) is 4.00. The Balaban J connectivity index is 1.54. The van der Waals surface area contributed by atoms with E-state index in [0.29, 0.717) is 22.2 Å². The van der Waals surface area contributed by atoms with Crippen LogP contribution >= 0.6 is 11.3 Å². The van der Waals surface area contributed by atoms with Gasteiger partial charge in [0.2, 0.25) is 0 Å². The number of fused-ring (bicyclic) bond motifs is 1. The van der Waals surface area contributed by atoms with Crippen LogP contribution in [0.3, 0.4) is 0 Å². The first-order valence-corrected chi connectivity index (χ1v) is 10.5. The van der Waals surface area contributed by atoms with Gasteiger partial charge in [-0.3, -0.25) is 19.5 Å². The molecule has 4 aromatic rings. The number of ether oxygens (including phenoxy) is 3. The van der Waals surface area contributed by atoms with E-state index in [1.54, 1.807) is 29.0 Å². The highest BCUT2D eigenvalue weighted by atomic mass is 32.1. The van der Waals surface area contributed by atoms with Crippen LogP contribution in [0, 0.1) is 0 Å². The van der Waals surface area contributed by atoms with E-state index in [9.17, 15) is 9.59 Å². The van der Waals surface area contributed by atoms with Gasteiger partial charge in [-0.15, -0.1) is 11.3 Å². The monoisotopic (exact) mass is 451 g/mol. The van der Waals surface area contributed by atoms with E-state index in [-0.39, 0.29) is 18.4 Å². The highest BCUT2D eigenvalue weighted by Crippen LogP contribution is 2.29. The van der Waals surface area contributed by atoms with Gasteiger partial charge in [-0.1, -0.05) is 6.07 Å². The van der Waals surface area contributed by atoms with Crippen LogP contribution in [-0.4, -0.2) is 49.3 Å². The van der Waals surface area contributed by atoms with Gasteiger partial charge < -0.3 is 14.2 Å². The summed E-state index contributed by atoms with van der Waals surface area (Å²) in [5.74, 6) is 0.604. The van der Waals surface area contributed by atoms with Crippen LogP contribution in [0.4, 0.5) is 5.13 Å². The predicted octanol–water partition coefficient (Wildman–Crippen LogP) is 4.32. The van der Waals surface area contributed by atoms with Crippen molar-refractivity contribution in [2.24, 2.45) is 0 Å². The maximum Gasteiger partial charge on any atom is 0.257 e. The number of nitrogens with one attached hydrogen (secondary N) is 1. The van der Waals surface area contributed by atoms with Gasteiger partial charge in [-0.05, 0) is 30.3 Å². The van der Waals surface area contributed by atoms with Crippen molar-refractivity contribution < 1.29 is 23.8 Å². The van der Waals surface area contributed by atoms with Gasteiger partial charge in [0.25, 0.3) is 11.8 Å². The molecular weight excluding hydrogens is 430 g/mol. The topological polar surface area (TPSA) is 91.7 Å². The van der Waals surface area contributed by atoms with Crippen molar-refractivity contribution in [2.45, 2.75) is 0 Å². The molecular formula is C23H21N3O5S. The fourth-order valence-electron chi connectivity index (χ4n) is 3.28. The molecule has 0 atom stereocenters. The number of rotatable bonds is 7. The Hall–Kier alpha value is -3.69. The Kier molecular flexibility index (Phi) is 6.20. The molecule has 0 aliphatic rings. The molecule has 0 radical (unpaired) electrons. The molecule has 0 aliphatic heterocycles. The highest BCUT2D eigenvalue weighted by Gasteiger charge is 2.14. The van der Waals surface area contributed by atoms with Gasteiger partial charge in [0.15, 0.2) is 5.13 Å². The number of thiazole rings is 1. The first-order chi connectivity index (χ1) is 15.5. The highest BCUT2D eigenvalue weighted by molar-refractivity contribution is 7.14. The lowest BCUT2D eigenvalue weighted by Crippen LogP contribution is -2.14. The molecule has 2 aromatic carbocycles. The first-order valence-electron chi connectivity index (χ1n) is 9.66. The Labute approximate surface area is 188 Å². The van der Waals surface area contributed by atoms with Crippen LogP contribution in [-0.2, 0) is 4.74 Å². The number of amides is 1. The summed E-state index contributed by atoms with van der Waals surface area (Å²) >= 11 is 1.33. The van der Waals surface area contributed by atoms with Crippen molar-refractivity contribution in [3.63, 3.8) is 0 Å². The molecule has 164 valence electrons. The van der Waals surface area contributed by atoms with Crippen molar-refractivity contribution in [2.75, 3.05) is 33.3 Å². The standard InChI is InChI=1S/C23H21N3O5S/c1-29-12-21(27)26-7-6-15-8-14(4-5-20(15)26)19-13-32-23(24-19)25-22(28)16-9-17(30-2)11-18(10-16)31-3/h4-11,13H,12H2,1-3H3,(H,24,25,28). The summed E-state index contributed by atoms with van der Waals surface area (Å²) in [5, 5.41) is 6.07. The maximum atomic E-state index is 12.7. The third-order valence-electron chi connectivity index (χ3n) is 4.86. The Morgan fingerprint density at radius 3 is 2.47 bits per heavy atom. The summed E-state index contributed by atoms with van der Waals surface area (Å²) in [7, 11) is 4.55. The van der Waals surface area contributed by atoms with Crippen molar-refractivity contribution in [3.05, 3.63) is 59.6 Å². The van der Waals surface area contributed by atoms with Crippen molar-refractivity contribution in [1.82, 2.24) is 9.55 Å². The number of anilines is 1. The van der Waals surface area contributed by atoms with Crippen molar-refractivity contribution in [3.8, 4) is 22.8 Å². The van der Waals surface area contributed by atoms with E-state index >= 15 is 0 Å².